The van der Waals surface area contributed by atoms with E-state index >= 15 is 0 Å². The van der Waals surface area contributed by atoms with Gasteiger partial charge in [0.25, 0.3) is 0 Å². The third-order valence-corrected chi connectivity index (χ3v) is 7.97. The van der Waals surface area contributed by atoms with Crippen LogP contribution < -0.4 is 5.32 Å². The first-order valence-corrected chi connectivity index (χ1v) is 12.0. The summed E-state index contributed by atoms with van der Waals surface area (Å²) < 4.78 is 0. The topological polar surface area (TPSA) is 107 Å². The molecule has 0 spiro atoms. The first-order chi connectivity index (χ1) is 16.3. The highest BCUT2D eigenvalue weighted by molar-refractivity contribution is 6.10. The number of carbonyl (C=O) groups excluding carboxylic acids is 2. The number of rotatable bonds is 4. The maximum Gasteiger partial charge on any atom is 0.329 e. The van der Waals surface area contributed by atoms with E-state index in [9.17, 15) is 24.6 Å². The normalized spacial score (nSPS) is 29.5. The van der Waals surface area contributed by atoms with Crippen molar-refractivity contribution in [3.8, 4) is 5.75 Å². The molecule has 5 rings (SSSR count). The van der Waals surface area contributed by atoms with Crippen LogP contribution in [0.5, 0.6) is 5.75 Å². The summed E-state index contributed by atoms with van der Waals surface area (Å²) in [5, 5.41) is 24.1. The first-order valence-electron chi connectivity index (χ1n) is 12.0. The predicted molar refractivity (Wildman–Crippen MR) is 125 cm³/mol. The van der Waals surface area contributed by atoms with Crippen LogP contribution in [0.1, 0.15) is 60.4 Å². The molecule has 7 heteroatoms. The number of aromatic hydroxyl groups is 1. The lowest BCUT2D eigenvalue weighted by molar-refractivity contribution is -0.153. The lowest BCUT2D eigenvalue weighted by Crippen LogP contribution is -2.54. The van der Waals surface area contributed by atoms with Gasteiger partial charge in [0.2, 0.25) is 11.8 Å². The molecule has 4 unspecified atom stereocenters. The third kappa shape index (κ3) is 3.17. The summed E-state index contributed by atoms with van der Waals surface area (Å²) in [6.45, 7) is 3.55. The van der Waals surface area contributed by atoms with Gasteiger partial charge in [-0.05, 0) is 48.9 Å². The molecule has 2 aliphatic heterocycles. The molecule has 1 aliphatic carbocycles. The van der Waals surface area contributed by atoms with Gasteiger partial charge in [0.15, 0.2) is 5.54 Å². The summed E-state index contributed by atoms with van der Waals surface area (Å²) in [5.41, 5.74) is 0.711. The third-order valence-electron chi connectivity index (χ3n) is 7.97. The number of fused-ring (bicyclic) bond motifs is 1. The van der Waals surface area contributed by atoms with E-state index in [1.807, 2.05) is 0 Å². The molecule has 7 nitrogen and oxygen atoms in total. The minimum atomic E-state index is -1.73. The Hall–Kier alpha value is -3.19. The van der Waals surface area contributed by atoms with Crippen LogP contribution in [0.25, 0.3) is 0 Å². The summed E-state index contributed by atoms with van der Waals surface area (Å²) >= 11 is 0. The second kappa shape index (κ2) is 8.24. The van der Waals surface area contributed by atoms with Gasteiger partial charge in [-0.25, -0.2) is 4.79 Å². The van der Waals surface area contributed by atoms with Crippen LogP contribution in [-0.2, 0) is 19.9 Å². The van der Waals surface area contributed by atoms with Gasteiger partial charge in [-0.2, -0.15) is 0 Å². The molecule has 2 heterocycles. The van der Waals surface area contributed by atoms with Crippen LogP contribution in [0.3, 0.4) is 0 Å². The number of hydrogen-bond acceptors (Lipinski definition) is 5. The Morgan fingerprint density at radius 3 is 2.21 bits per heavy atom. The molecule has 0 aromatic heterocycles. The fourth-order valence-corrected chi connectivity index (χ4v) is 6.37. The lowest BCUT2D eigenvalue weighted by atomic mass is 9.75. The van der Waals surface area contributed by atoms with Crippen LogP contribution >= 0.6 is 0 Å². The number of aliphatic carboxylic acids is 1. The summed E-state index contributed by atoms with van der Waals surface area (Å²) in [6.07, 6.45) is 4.52. The minimum Gasteiger partial charge on any atom is -0.507 e. The highest BCUT2D eigenvalue weighted by Crippen LogP contribution is 2.54. The number of likely N-dealkylation sites (tertiary alicyclic amines) is 1. The molecule has 3 N–H and O–H groups in total. The number of imide groups is 1. The number of nitrogens with one attached hydrogen (secondary N) is 1. The molecule has 3 aliphatic rings. The van der Waals surface area contributed by atoms with E-state index < -0.39 is 35.3 Å². The predicted octanol–water partition coefficient (Wildman–Crippen LogP) is 3.57. The van der Waals surface area contributed by atoms with E-state index in [1.165, 1.54) is 4.90 Å². The van der Waals surface area contributed by atoms with Crippen molar-refractivity contribution in [3.63, 3.8) is 0 Å². The van der Waals surface area contributed by atoms with Gasteiger partial charge in [-0.3, -0.25) is 19.8 Å². The average molecular weight is 463 g/mol. The molecule has 1 saturated carbocycles. The van der Waals surface area contributed by atoms with Crippen molar-refractivity contribution in [3.05, 3.63) is 64.7 Å². The highest BCUT2D eigenvalue weighted by atomic mass is 16.4. The van der Waals surface area contributed by atoms with Crippen molar-refractivity contribution >= 4 is 17.8 Å². The number of carboxylic acid groups (broad SMARTS) is 1. The molecule has 2 amide bonds. The molecular weight excluding hydrogens is 432 g/mol. The number of amides is 2. The Morgan fingerprint density at radius 1 is 1.00 bits per heavy atom. The van der Waals surface area contributed by atoms with Gasteiger partial charge in [0, 0.05) is 12.1 Å². The Balaban J connectivity index is 1.69. The van der Waals surface area contributed by atoms with Crippen LogP contribution in [0.2, 0.25) is 0 Å². The van der Waals surface area contributed by atoms with Gasteiger partial charge in [-0.1, -0.05) is 61.7 Å². The standard InChI is InChI=1S/C27H30N2O5/c1-15-13-17(14-16(2)23(15)30)22-20-21(25(32)29(24(20)31)19-11-7-4-8-12-19)27(28-22,26(33)34)18-9-5-3-6-10-18/h3,5-6,9-10,13-14,19-22,28,30H,4,7-8,11-12H2,1-2H3,(H,33,34). The summed E-state index contributed by atoms with van der Waals surface area (Å²) in [5.74, 6) is -3.58. The van der Waals surface area contributed by atoms with E-state index in [2.05, 4.69) is 5.32 Å². The van der Waals surface area contributed by atoms with Crippen molar-refractivity contribution in [2.45, 2.75) is 63.6 Å². The minimum absolute atomic E-state index is 0.170. The van der Waals surface area contributed by atoms with E-state index in [0.717, 1.165) is 32.1 Å². The second-order valence-corrected chi connectivity index (χ2v) is 9.95. The summed E-state index contributed by atoms with van der Waals surface area (Å²) in [6, 6.07) is 11.4. The van der Waals surface area contributed by atoms with Gasteiger partial charge in [0.1, 0.15) is 5.75 Å². The number of phenols is 1. The van der Waals surface area contributed by atoms with Gasteiger partial charge in [-0.15, -0.1) is 0 Å². The maximum absolute atomic E-state index is 13.9. The Labute approximate surface area is 198 Å². The average Bonchev–Trinajstić information content (AvgIpc) is 3.33. The zero-order valence-corrected chi connectivity index (χ0v) is 19.5. The fourth-order valence-electron chi connectivity index (χ4n) is 6.37. The van der Waals surface area contributed by atoms with Crippen LogP contribution in [0.4, 0.5) is 0 Å². The number of aryl methyl sites for hydroxylation is 2. The van der Waals surface area contributed by atoms with Crippen molar-refractivity contribution < 1.29 is 24.6 Å². The number of benzene rings is 2. The molecule has 0 radical (unpaired) electrons. The smallest absolute Gasteiger partial charge is 0.329 e. The maximum atomic E-state index is 13.9. The number of carbonyl (C=O) groups is 3. The first kappa shape index (κ1) is 22.6. The van der Waals surface area contributed by atoms with Crippen molar-refractivity contribution in [1.29, 1.82) is 0 Å². The van der Waals surface area contributed by atoms with Gasteiger partial charge >= 0.3 is 5.97 Å². The highest BCUT2D eigenvalue weighted by Gasteiger charge is 2.69. The van der Waals surface area contributed by atoms with Gasteiger partial charge < -0.3 is 10.2 Å². The molecule has 178 valence electrons. The van der Waals surface area contributed by atoms with Crippen LogP contribution in [0.15, 0.2) is 42.5 Å². The van der Waals surface area contributed by atoms with E-state index in [4.69, 9.17) is 0 Å². The Morgan fingerprint density at radius 2 is 1.62 bits per heavy atom. The van der Waals surface area contributed by atoms with Crippen molar-refractivity contribution in [1.82, 2.24) is 10.2 Å². The second-order valence-electron chi connectivity index (χ2n) is 9.95. The van der Waals surface area contributed by atoms with E-state index in [-0.39, 0.29) is 17.7 Å². The number of phenolic OH excluding ortho intramolecular Hbond substituents is 1. The number of hydrogen-bond donors (Lipinski definition) is 3. The molecule has 2 saturated heterocycles. The molecule has 34 heavy (non-hydrogen) atoms. The Kier molecular flexibility index (Phi) is 5.47. The monoisotopic (exact) mass is 462 g/mol. The van der Waals surface area contributed by atoms with Crippen LogP contribution in [-0.4, -0.2) is 38.9 Å². The molecule has 2 aromatic rings. The molecular formula is C27H30N2O5. The quantitative estimate of drug-likeness (QED) is 0.600. The van der Waals surface area contributed by atoms with E-state index in [0.29, 0.717) is 22.3 Å². The SMILES string of the molecule is Cc1cc(C2NC(C(=O)O)(c3ccccc3)C3C(=O)N(C4CCCCC4)C(=O)C23)cc(C)c1O. The molecule has 2 aromatic carbocycles. The lowest BCUT2D eigenvalue weighted by Gasteiger charge is -2.35. The van der Waals surface area contributed by atoms with Crippen molar-refractivity contribution in [2.24, 2.45) is 11.8 Å². The summed E-state index contributed by atoms with van der Waals surface area (Å²) in [4.78, 5) is 42.2. The molecule has 0 bridgehead atoms. The zero-order chi connectivity index (χ0) is 24.2. The van der Waals surface area contributed by atoms with Gasteiger partial charge in [0.05, 0.1) is 11.8 Å². The molecule has 4 atom stereocenters. The number of carboxylic acids is 1. The van der Waals surface area contributed by atoms with Crippen molar-refractivity contribution in [2.75, 3.05) is 0 Å². The number of nitrogens with zero attached hydrogens (tertiary/aromatic N) is 1. The zero-order valence-electron chi connectivity index (χ0n) is 19.5. The van der Waals surface area contributed by atoms with E-state index in [1.54, 1.807) is 56.3 Å². The largest absolute Gasteiger partial charge is 0.507 e. The Bertz CT molecular complexity index is 1130. The van der Waals surface area contributed by atoms with Crippen LogP contribution in [0, 0.1) is 25.7 Å². The molecule has 3 fully saturated rings. The fraction of sp³-hybridized carbons (Fsp3) is 0.444. The summed E-state index contributed by atoms with van der Waals surface area (Å²) in [7, 11) is 0.